The highest BCUT2D eigenvalue weighted by Crippen LogP contribution is 2.21. The molecule has 0 aliphatic carbocycles. The van der Waals surface area contributed by atoms with Crippen LogP contribution in [0.5, 0.6) is 0 Å². The van der Waals surface area contributed by atoms with Crippen LogP contribution in [0, 0.1) is 5.82 Å². The summed E-state index contributed by atoms with van der Waals surface area (Å²) >= 11 is 0. The lowest BCUT2D eigenvalue weighted by Gasteiger charge is -2.05. The lowest BCUT2D eigenvalue weighted by atomic mass is 10.2. The fourth-order valence-electron chi connectivity index (χ4n) is 2.01. The van der Waals surface area contributed by atoms with Crippen LogP contribution >= 0.6 is 0 Å². The Balaban J connectivity index is 2.31. The van der Waals surface area contributed by atoms with Gasteiger partial charge in [0, 0.05) is 19.0 Å². The van der Waals surface area contributed by atoms with Crippen LogP contribution in [-0.4, -0.2) is 17.0 Å². The molecule has 1 aromatic heterocycles. The quantitative estimate of drug-likeness (QED) is 0.829. The molecular formula is C14H17FN2O. The number of unbranched alkanes of at least 4 members (excludes halogenated alkanes) is 1. The van der Waals surface area contributed by atoms with Crippen LogP contribution in [0.1, 0.15) is 30.3 Å². The molecule has 0 radical (unpaired) electrons. The summed E-state index contributed by atoms with van der Waals surface area (Å²) in [7, 11) is 1.77. The van der Waals surface area contributed by atoms with Crippen molar-refractivity contribution in [2.75, 3.05) is 6.54 Å². The van der Waals surface area contributed by atoms with E-state index in [1.807, 2.05) is 0 Å². The van der Waals surface area contributed by atoms with Crippen LogP contribution in [-0.2, 0) is 7.05 Å². The molecule has 3 nitrogen and oxygen atoms in total. The molecule has 0 unspecified atom stereocenters. The van der Waals surface area contributed by atoms with Crippen LogP contribution < -0.4 is 5.32 Å². The summed E-state index contributed by atoms with van der Waals surface area (Å²) < 4.78 is 15.3. The lowest BCUT2D eigenvalue weighted by molar-refractivity contribution is 0.0945. The molecule has 1 amide bonds. The van der Waals surface area contributed by atoms with Crippen molar-refractivity contribution in [1.29, 1.82) is 0 Å². The maximum atomic E-state index is 13.6. The van der Waals surface area contributed by atoms with Gasteiger partial charge in [-0.05, 0) is 24.6 Å². The lowest BCUT2D eigenvalue weighted by Crippen LogP contribution is -2.26. The molecule has 0 spiro atoms. The molecule has 2 aromatic rings. The van der Waals surface area contributed by atoms with E-state index in [4.69, 9.17) is 0 Å². The van der Waals surface area contributed by atoms with E-state index in [1.54, 1.807) is 29.8 Å². The zero-order chi connectivity index (χ0) is 13.1. The predicted octanol–water partition coefficient (Wildman–Crippen LogP) is 2.85. The molecule has 2 rings (SSSR count). The van der Waals surface area contributed by atoms with Crippen LogP contribution in [0.3, 0.4) is 0 Å². The molecule has 0 atom stereocenters. The molecule has 1 N–H and O–H groups in total. The Kier molecular flexibility index (Phi) is 3.65. The molecule has 18 heavy (non-hydrogen) atoms. The standard InChI is InChI=1S/C14H17FN2O/c1-3-4-8-16-14(18)13-9-10-11(15)6-5-7-12(10)17(13)2/h5-7,9H,3-4,8H2,1-2H3,(H,16,18). The summed E-state index contributed by atoms with van der Waals surface area (Å²) in [6, 6.07) is 6.46. The summed E-state index contributed by atoms with van der Waals surface area (Å²) in [5.41, 5.74) is 1.22. The largest absolute Gasteiger partial charge is 0.351 e. The van der Waals surface area contributed by atoms with Gasteiger partial charge in [-0.1, -0.05) is 19.4 Å². The summed E-state index contributed by atoms with van der Waals surface area (Å²) in [5.74, 6) is -0.447. The molecule has 1 aromatic carbocycles. The predicted molar refractivity (Wildman–Crippen MR) is 70.1 cm³/mol. The normalized spacial score (nSPS) is 10.8. The first-order chi connectivity index (χ1) is 8.65. The van der Waals surface area contributed by atoms with Crippen molar-refractivity contribution in [2.24, 2.45) is 7.05 Å². The Morgan fingerprint density at radius 1 is 1.44 bits per heavy atom. The average Bonchev–Trinajstić information content (AvgIpc) is 2.69. The van der Waals surface area contributed by atoms with Crippen LogP contribution in [0.25, 0.3) is 10.9 Å². The first kappa shape index (κ1) is 12.6. The number of aromatic nitrogens is 1. The number of carbonyl (C=O) groups is 1. The number of carbonyl (C=O) groups excluding carboxylic acids is 1. The van der Waals surface area contributed by atoms with E-state index in [0.29, 0.717) is 17.6 Å². The summed E-state index contributed by atoms with van der Waals surface area (Å²) in [4.78, 5) is 12.0. The van der Waals surface area contributed by atoms with Gasteiger partial charge in [-0.25, -0.2) is 4.39 Å². The van der Waals surface area contributed by atoms with E-state index in [-0.39, 0.29) is 11.7 Å². The second kappa shape index (κ2) is 5.21. The maximum absolute atomic E-state index is 13.6. The van der Waals surface area contributed by atoms with E-state index in [0.717, 1.165) is 18.4 Å². The number of hydrogen-bond donors (Lipinski definition) is 1. The molecule has 4 heteroatoms. The number of rotatable bonds is 4. The Morgan fingerprint density at radius 2 is 2.22 bits per heavy atom. The molecule has 0 aliphatic rings. The van der Waals surface area contributed by atoms with Gasteiger partial charge in [0.05, 0.1) is 5.52 Å². The minimum Gasteiger partial charge on any atom is -0.351 e. The van der Waals surface area contributed by atoms with Crippen molar-refractivity contribution in [3.8, 4) is 0 Å². The smallest absolute Gasteiger partial charge is 0.267 e. The van der Waals surface area contributed by atoms with Crippen molar-refractivity contribution in [2.45, 2.75) is 19.8 Å². The molecule has 0 saturated heterocycles. The van der Waals surface area contributed by atoms with Gasteiger partial charge in [0.25, 0.3) is 5.91 Å². The average molecular weight is 248 g/mol. The zero-order valence-corrected chi connectivity index (χ0v) is 10.7. The third-order valence-corrected chi connectivity index (χ3v) is 3.08. The molecule has 1 heterocycles. The molecule has 0 saturated carbocycles. The van der Waals surface area contributed by atoms with Gasteiger partial charge < -0.3 is 9.88 Å². The molecule has 0 bridgehead atoms. The number of nitrogens with one attached hydrogen (secondary N) is 1. The number of nitrogens with zero attached hydrogens (tertiary/aromatic N) is 1. The van der Waals surface area contributed by atoms with Gasteiger partial charge in [-0.2, -0.15) is 0 Å². The summed E-state index contributed by atoms with van der Waals surface area (Å²) in [5, 5.41) is 3.33. The maximum Gasteiger partial charge on any atom is 0.267 e. The second-order valence-electron chi connectivity index (χ2n) is 4.37. The monoisotopic (exact) mass is 248 g/mol. The third-order valence-electron chi connectivity index (χ3n) is 3.08. The number of halogens is 1. The minimum absolute atomic E-state index is 0.151. The van der Waals surface area contributed by atoms with E-state index < -0.39 is 0 Å². The van der Waals surface area contributed by atoms with Crippen LogP contribution in [0.2, 0.25) is 0 Å². The molecule has 96 valence electrons. The highest BCUT2D eigenvalue weighted by molar-refractivity contribution is 5.98. The summed E-state index contributed by atoms with van der Waals surface area (Å²) in [6.07, 6.45) is 1.98. The number of benzene rings is 1. The Bertz CT molecular complexity index is 574. The van der Waals surface area contributed by atoms with Crippen molar-refractivity contribution in [3.05, 3.63) is 35.8 Å². The van der Waals surface area contributed by atoms with Gasteiger partial charge in [-0.3, -0.25) is 4.79 Å². The highest BCUT2D eigenvalue weighted by atomic mass is 19.1. The van der Waals surface area contributed by atoms with Gasteiger partial charge in [0.1, 0.15) is 11.5 Å². The third kappa shape index (κ3) is 2.23. The Labute approximate surface area is 106 Å². The first-order valence-electron chi connectivity index (χ1n) is 6.17. The Hall–Kier alpha value is -1.84. The topological polar surface area (TPSA) is 34.0 Å². The van der Waals surface area contributed by atoms with Gasteiger partial charge in [-0.15, -0.1) is 0 Å². The van der Waals surface area contributed by atoms with E-state index in [1.165, 1.54) is 6.07 Å². The van der Waals surface area contributed by atoms with Gasteiger partial charge >= 0.3 is 0 Å². The molecule has 0 fully saturated rings. The van der Waals surface area contributed by atoms with Crippen molar-refractivity contribution >= 4 is 16.8 Å². The van der Waals surface area contributed by atoms with Crippen molar-refractivity contribution < 1.29 is 9.18 Å². The minimum atomic E-state index is -0.296. The fraction of sp³-hybridized carbons (Fsp3) is 0.357. The van der Waals surface area contributed by atoms with Crippen LogP contribution in [0.15, 0.2) is 24.3 Å². The van der Waals surface area contributed by atoms with Crippen molar-refractivity contribution in [1.82, 2.24) is 9.88 Å². The number of fused-ring (bicyclic) bond motifs is 1. The van der Waals surface area contributed by atoms with Gasteiger partial charge in [0.2, 0.25) is 0 Å². The van der Waals surface area contributed by atoms with Gasteiger partial charge in [0.15, 0.2) is 0 Å². The van der Waals surface area contributed by atoms with E-state index in [9.17, 15) is 9.18 Å². The first-order valence-corrected chi connectivity index (χ1v) is 6.17. The SMILES string of the molecule is CCCCNC(=O)c1cc2c(F)cccc2n1C. The Morgan fingerprint density at radius 3 is 2.89 bits per heavy atom. The van der Waals surface area contributed by atoms with Crippen LogP contribution in [0.4, 0.5) is 4.39 Å². The number of aryl methyl sites for hydroxylation is 1. The van der Waals surface area contributed by atoms with Crippen molar-refractivity contribution in [3.63, 3.8) is 0 Å². The zero-order valence-electron chi connectivity index (χ0n) is 10.7. The summed E-state index contributed by atoms with van der Waals surface area (Å²) in [6.45, 7) is 2.72. The molecular weight excluding hydrogens is 231 g/mol. The number of hydrogen-bond acceptors (Lipinski definition) is 1. The fourth-order valence-corrected chi connectivity index (χ4v) is 2.01. The van der Waals surface area contributed by atoms with E-state index >= 15 is 0 Å². The number of amides is 1. The molecule has 0 aliphatic heterocycles. The highest BCUT2D eigenvalue weighted by Gasteiger charge is 2.14. The second-order valence-corrected chi connectivity index (χ2v) is 4.37. The van der Waals surface area contributed by atoms with E-state index in [2.05, 4.69) is 12.2 Å².